The largest absolute Gasteiger partial charge is 0.385 e. The number of rotatable bonds is 7. The number of methoxy groups -OCH3 is 1. The first-order valence-electron chi connectivity index (χ1n) is 11.2. The van der Waals surface area contributed by atoms with E-state index >= 15 is 0 Å². The van der Waals surface area contributed by atoms with Gasteiger partial charge in [0.25, 0.3) is 0 Å². The van der Waals surface area contributed by atoms with Crippen LogP contribution in [0, 0.1) is 11.3 Å². The van der Waals surface area contributed by atoms with Crippen LogP contribution in [-0.4, -0.2) is 77.4 Å². The predicted molar refractivity (Wildman–Crippen MR) is 131 cm³/mol. The topological polar surface area (TPSA) is 126 Å². The van der Waals surface area contributed by atoms with Gasteiger partial charge in [-0.1, -0.05) is 12.2 Å². The third-order valence-electron chi connectivity index (χ3n) is 6.38. The number of nitrogens with zero attached hydrogens (tertiary/aromatic N) is 3. The summed E-state index contributed by atoms with van der Waals surface area (Å²) in [4.78, 5) is 9.67. The first kappa shape index (κ1) is 23.5. The van der Waals surface area contributed by atoms with E-state index in [0.29, 0.717) is 49.0 Å². The van der Waals surface area contributed by atoms with Gasteiger partial charge in [-0.25, -0.2) is 4.98 Å². The van der Waals surface area contributed by atoms with Gasteiger partial charge in [-0.15, -0.1) is 0 Å². The Kier molecular flexibility index (Phi) is 6.91. The first-order chi connectivity index (χ1) is 15.9. The lowest BCUT2D eigenvalue weighted by molar-refractivity contribution is 0.0250. The van der Waals surface area contributed by atoms with Gasteiger partial charge in [-0.2, -0.15) is 5.26 Å². The van der Waals surface area contributed by atoms with Crippen LogP contribution in [-0.2, 0) is 9.30 Å². The summed E-state index contributed by atoms with van der Waals surface area (Å²) in [5, 5.41) is 27.5. The summed E-state index contributed by atoms with van der Waals surface area (Å²) in [6.07, 6.45) is 7.84. The SMILES string of the molecule is CCNc1cc(NC2C=CC(P3(=O)CCN([C@H](C)O)CC3)=CC2OC)nc2[nH]cc(C#N)c12. The fourth-order valence-corrected chi connectivity index (χ4v) is 7.17. The van der Waals surface area contributed by atoms with Crippen LogP contribution in [0.25, 0.3) is 11.0 Å². The van der Waals surface area contributed by atoms with E-state index in [2.05, 4.69) is 26.7 Å². The van der Waals surface area contributed by atoms with E-state index < -0.39 is 13.4 Å². The van der Waals surface area contributed by atoms with Crippen molar-refractivity contribution in [2.75, 3.05) is 49.7 Å². The highest BCUT2D eigenvalue weighted by molar-refractivity contribution is 7.68. The molecule has 0 radical (unpaired) electrons. The Morgan fingerprint density at radius 3 is 2.85 bits per heavy atom. The van der Waals surface area contributed by atoms with Crippen LogP contribution in [0.1, 0.15) is 19.4 Å². The van der Waals surface area contributed by atoms with Crippen LogP contribution >= 0.6 is 7.14 Å². The number of aliphatic hydroxyl groups is 1. The number of hydrogen-bond donors (Lipinski definition) is 4. The number of nitriles is 1. The second-order valence-electron chi connectivity index (χ2n) is 8.45. The Bertz CT molecular complexity index is 1150. The second kappa shape index (κ2) is 9.70. The molecule has 2 aromatic heterocycles. The number of nitrogens with one attached hydrogen (secondary N) is 3. The number of aromatic nitrogens is 2. The third kappa shape index (κ3) is 4.71. The Hall–Kier alpha value is -2.63. The van der Waals surface area contributed by atoms with Gasteiger partial charge in [0.2, 0.25) is 0 Å². The highest BCUT2D eigenvalue weighted by Gasteiger charge is 2.35. The molecule has 1 fully saturated rings. The number of aliphatic hydroxyl groups excluding tert-OH is 1. The molecular formula is C23H31N6O3P. The lowest BCUT2D eigenvalue weighted by Crippen LogP contribution is -2.41. The van der Waals surface area contributed by atoms with Crippen LogP contribution in [0.2, 0.25) is 0 Å². The van der Waals surface area contributed by atoms with Gasteiger partial charge in [0.1, 0.15) is 30.9 Å². The summed E-state index contributed by atoms with van der Waals surface area (Å²) in [5.41, 5.74) is 2.01. The lowest BCUT2D eigenvalue weighted by Gasteiger charge is -2.36. The van der Waals surface area contributed by atoms with Crippen LogP contribution in [0.15, 0.2) is 35.8 Å². The van der Waals surface area contributed by atoms with Crippen molar-refractivity contribution in [1.82, 2.24) is 14.9 Å². The van der Waals surface area contributed by atoms with Gasteiger partial charge >= 0.3 is 0 Å². The van der Waals surface area contributed by atoms with Crippen molar-refractivity contribution in [2.24, 2.45) is 0 Å². The molecule has 176 valence electrons. The summed E-state index contributed by atoms with van der Waals surface area (Å²) in [6, 6.07) is 3.91. The molecule has 9 nitrogen and oxygen atoms in total. The molecule has 4 rings (SSSR count). The fourth-order valence-electron chi connectivity index (χ4n) is 4.49. The van der Waals surface area contributed by atoms with Crippen molar-refractivity contribution < 1.29 is 14.4 Å². The van der Waals surface area contributed by atoms with E-state index in [0.717, 1.165) is 16.4 Å². The zero-order valence-corrected chi connectivity index (χ0v) is 20.1. The van der Waals surface area contributed by atoms with Crippen LogP contribution < -0.4 is 10.6 Å². The summed E-state index contributed by atoms with van der Waals surface area (Å²) < 4.78 is 19.4. The van der Waals surface area contributed by atoms with Crippen molar-refractivity contribution in [2.45, 2.75) is 32.2 Å². The molecule has 1 saturated heterocycles. The van der Waals surface area contributed by atoms with Gasteiger partial charge in [0, 0.05) is 56.6 Å². The lowest BCUT2D eigenvalue weighted by atomic mass is 10.1. The molecule has 33 heavy (non-hydrogen) atoms. The van der Waals surface area contributed by atoms with Crippen LogP contribution in [0.4, 0.5) is 11.5 Å². The Balaban J connectivity index is 1.54. The second-order valence-corrected chi connectivity index (χ2v) is 11.6. The van der Waals surface area contributed by atoms with Gasteiger partial charge in [0.15, 0.2) is 0 Å². The van der Waals surface area contributed by atoms with Crippen molar-refractivity contribution in [3.63, 3.8) is 0 Å². The fraction of sp³-hybridized carbons (Fsp3) is 0.478. The maximum Gasteiger partial charge on any atom is 0.143 e. The Morgan fingerprint density at radius 2 is 2.21 bits per heavy atom. The van der Waals surface area contributed by atoms with E-state index in [1.165, 1.54) is 0 Å². The molecule has 0 spiro atoms. The number of H-pyrrole nitrogens is 1. The average Bonchev–Trinajstić information content (AvgIpc) is 3.23. The maximum atomic E-state index is 13.6. The highest BCUT2D eigenvalue weighted by atomic mass is 31.2. The summed E-state index contributed by atoms with van der Waals surface area (Å²) in [5.74, 6) is 0.648. The Labute approximate surface area is 193 Å². The van der Waals surface area contributed by atoms with E-state index in [1.807, 2.05) is 36.1 Å². The smallest absolute Gasteiger partial charge is 0.143 e. The van der Waals surface area contributed by atoms with Gasteiger partial charge < -0.3 is 30.0 Å². The zero-order chi connectivity index (χ0) is 23.6. The van der Waals surface area contributed by atoms with Crippen molar-refractivity contribution >= 4 is 29.7 Å². The predicted octanol–water partition coefficient (Wildman–Crippen LogP) is 3.13. The van der Waals surface area contributed by atoms with Crippen LogP contribution in [0.5, 0.6) is 0 Å². The molecule has 3 atom stereocenters. The van der Waals surface area contributed by atoms with Crippen LogP contribution in [0.3, 0.4) is 0 Å². The van der Waals surface area contributed by atoms with Gasteiger partial charge in [-0.3, -0.25) is 4.90 Å². The number of hydrogen-bond acceptors (Lipinski definition) is 8. The minimum atomic E-state index is -2.52. The number of pyridine rings is 1. The maximum absolute atomic E-state index is 13.6. The van der Waals surface area contributed by atoms with E-state index in [4.69, 9.17) is 4.74 Å². The number of allylic oxidation sites excluding steroid dienone is 2. The monoisotopic (exact) mass is 470 g/mol. The minimum Gasteiger partial charge on any atom is -0.385 e. The van der Waals surface area contributed by atoms with E-state index in [9.17, 15) is 14.9 Å². The molecule has 0 amide bonds. The molecule has 2 unspecified atom stereocenters. The summed E-state index contributed by atoms with van der Waals surface area (Å²) >= 11 is 0. The molecule has 1 aliphatic carbocycles. The normalized spacial score (nSPS) is 23.7. The highest BCUT2D eigenvalue weighted by Crippen LogP contribution is 2.56. The Morgan fingerprint density at radius 1 is 1.45 bits per heavy atom. The molecule has 0 saturated carbocycles. The molecule has 2 aliphatic rings. The number of ether oxygens (including phenoxy) is 1. The average molecular weight is 471 g/mol. The number of fused-ring (bicyclic) bond motifs is 1. The van der Waals surface area contributed by atoms with Gasteiger partial charge in [-0.05, 0) is 19.9 Å². The number of aromatic amines is 1. The molecule has 0 aromatic carbocycles. The van der Waals surface area contributed by atoms with Gasteiger partial charge in [0.05, 0.1) is 28.8 Å². The quantitative estimate of drug-likeness (QED) is 0.455. The molecule has 0 bridgehead atoms. The molecule has 3 heterocycles. The minimum absolute atomic E-state index is 0.186. The molecule has 2 aromatic rings. The van der Waals surface area contributed by atoms with Crippen molar-refractivity contribution in [1.29, 1.82) is 5.26 Å². The van der Waals surface area contributed by atoms with E-state index in [1.54, 1.807) is 20.2 Å². The molecule has 10 heteroatoms. The zero-order valence-electron chi connectivity index (χ0n) is 19.2. The van der Waals surface area contributed by atoms with E-state index in [-0.39, 0.29) is 12.1 Å². The molecular weight excluding hydrogens is 439 g/mol. The van der Waals surface area contributed by atoms with Crippen molar-refractivity contribution in [3.8, 4) is 6.07 Å². The van der Waals surface area contributed by atoms with Crippen molar-refractivity contribution in [3.05, 3.63) is 41.4 Å². The molecule has 1 aliphatic heterocycles. The first-order valence-corrected chi connectivity index (χ1v) is 13.3. The number of anilines is 2. The third-order valence-corrected chi connectivity index (χ3v) is 9.46. The standard InChI is InChI=1S/C23H31N6O3P/c1-4-25-19-12-21(28-23-22(19)16(13-24)14-26-23)27-18-6-5-17(11-20(18)32-3)33(31)9-7-29(8-10-33)15(2)30/h5-6,11-12,14-15,18,20,30H,4,7-10H2,1-3H3,(H3,25,26,27,28)/t15-,18?,20?/m0/s1. The molecule has 4 N–H and O–H groups in total. The summed E-state index contributed by atoms with van der Waals surface area (Å²) in [6.45, 7) is 5.71. The summed E-state index contributed by atoms with van der Waals surface area (Å²) in [7, 11) is -0.881.